The third-order valence-electron chi connectivity index (χ3n) is 4.96. The fourth-order valence-corrected chi connectivity index (χ4v) is 6.57. The first-order valence-electron chi connectivity index (χ1n) is 7.62. The maximum absolute atomic E-state index is 12.0. The van der Waals surface area contributed by atoms with E-state index in [1.807, 2.05) is 0 Å². The number of allylic oxidation sites excluding steroid dienone is 2. The molecule has 0 unspecified atom stereocenters. The molecule has 0 aliphatic carbocycles. The molecule has 21 heavy (non-hydrogen) atoms. The minimum Gasteiger partial charge on any atom is -0.468 e. The van der Waals surface area contributed by atoms with Crippen molar-refractivity contribution in [3.05, 3.63) is 11.3 Å². The number of carbonyl (C=O) groups is 2. The normalized spacial score (nSPS) is 13.0. The minimum absolute atomic E-state index is 0.326. The Kier molecular flexibility index (Phi) is 7.93. The van der Waals surface area contributed by atoms with Crippen LogP contribution in [0.1, 0.15) is 41.0 Å². The first kappa shape index (κ1) is 19.9. The van der Waals surface area contributed by atoms with Gasteiger partial charge < -0.3 is 9.47 Å². The highest BCUT2D eigenvalue weighted by Crippen LogP contribution is 2.32. The Balaban J connectivity index is 5.43. The largest absolute Gasteiger partial charge is 0.468 e. The van der Waals surface area contributed by atoms with Gasteiger partial charge in [0.1, 0.15) is 0 Å². The van der Waals surface area contributed by atoms with Crippen LogP contribution in [-0.2, 0) is 19.1 Å². The topological polar surface area (TPSA) is 52.6 Å². The number of methoxy groups -OCH3 is 2. The summed E-state index contributed by atoms with van der Waals surface area (Å²) in [5.74, 6) is -1.09. The fraction of sp³-hybridized carbons (Fsp3) is 0.750. The summed E-state index contributed by atoms with van der Waals surface area (Å²) in [5.41, 5.74) is -1.26. The van der Waals surface area contributed by atoms with Crippen LogP contribution in [-0.4, -0.2) is 34.2 Å². The van der Waals surface area contributed by atoms with E-state index in [1.165, 1.54) is 37.5 Å². The van der Waals surface area contributed by atoms with Crippen LogP contribution in [0.4, 0.5) is 0 Å². The van der Waals surface area contributed by atoms with Gasteiger partial charge in [-0.1, -0.05) is 50.2 Å². The van der Waals surface area contributed by atoms with Crippen molar-refractivity contribution in [3.8, 4) is 0 Å². The average Bonchev–Trinajstić information content (AvgIpc) is 2.52. The van der Waals surface area contributed by atoms with Gasteiger partial charge in [0.2, 0.25) is 0 Å². The van der Waals surface area contributed by atoms with Crippen molar-refractivity contribution >= 4 is 20.0 Å². The molecule has 0 aromatic rings. The van der Waals surface area contributed by atoms with E-state index in [2.05, 4.69) is 33.8 Å². The molecule has 5 heteroatoms. The Morgan fingerprint density at radius 3 is 1.67 bits per heavy atom. The van der Waals surface area contributed by atoms with Crippen LogP contribution < -0.4 is 0 Å². The Bertz CT molecular complexity index is 373. The van der Waals surface area contributed by atoms with E-state index in [0.717, 1.165) is 0 Å². The molecular formula is C16H30O4Si. The van der Waals surface area contributed by atoms with E-state index in [0.29, 0.717) is 6.42 Å². The third kappa shape index (κ3) is 4.19. The molecule has 4 nitrogen and oxygen atoms in total. The second-order valence-corrected chi connectivity index (χ2v) is 11.2. The summed E-state index contributed by atoms with van der Waals surface area (Å²) in [7, 11) is 1.14. The summed E-state index contributed by atoms with van der Waals surface area (Å²) >= 11 is 0. The second kappa shape index (κ2) is 8.37. The average molecular weight is 314 g/mol. The maximum Gasteiger partial charge on any atom is 0.323 e. The van der Waals surface area contributed by atoms with Crippen molar-refractivity contribution in [2.45, 2.75) is 59.2 Å². The zero-order valence-electron chi connectivity index (χ0n) is 14.5. The van der Waals surface area contributed by atoms with Crippen LogP contribution in [0.15, 0.2) is 11.3 Å². The molecule has 0 atom stereocenters. The lowest BCUT2D eigenvalue weighted by molar-refractivity contribution is -0.167. The van der Waals surface area contributed by atoms with Gasteiger partial charge in [-0.05, 0) is 20.3 Å². The summed E-state index contributed by atoms with van der Waals surface area (Å²) in [4.78, 5) is 23.9. The molecule has 0 saturated carbocycles. The SMILES string of the molecule is CC[Si](CC)(CC)/C(C)=C/CC(C)(C(=O)OC)C(=O)OC. The molecule has 122 valence electrons. The number of esters is 2. The van der Waals surface area contributed by atoms with Crippen molar-refractivity contribution in [1.82, 2.24) is 0 Å². The van der Waals surface area contributed by atoms with Gasteiger partial charge in [0, 0.05) is 0 Å². The van der Waals surface area contributed by atoms with Crippen LogP contribution in [0.25, 0.3) is 0 Å². The number of hydrogen-bond acceptors (Lipinski definition) is 4. The standard InChI is InChI=1S/C16H30O4Si/c1-8-21(9-2,10-3)13(4)11-12-16(5,14(17)19-6)15(18)20-7/h11H,8-10,12H2,1-7H3/b13-11+. The summed E-state index contributed by atoms with van der Waals surface area (Å²) < 4.78 is 9.56. The fourth-order valence-electron chi connectivity index (χ4n) is 2.86. The van der Waals surface area contributed by atoms with Crippen LogP contribution in [0, 0.1) is 5.41 Å². The van der Waals surface area contributed by atoms with E-state index in [-0.39, 0.29) is 0 Å². The van der Waals surface area contributed by atoms with Gasteiger partial charge in [0.25, 0.3) is 0 Å². The molecule has 0 rings (SSSR count). The molecule has 0 aromatic carbocycles. The third-order valence-corrected chi connectivity index (χ3v) is 10.9. The second-order valence-electron chi connectivity index (χ2n) is 5.75. The molecule has 0 heterocycles. The quantitative estimate of drug-likeness (QED) is 0.389. The summed E-state index contributed by atoms with van der Waals surface area (Å²) in [5, 5.41) is 1.36. The lowest BCUT2D eigenvalue weighted by Gasteiger charge is -2.30. The molecule has 0 radical (unpaired) electrons. The Hall–Kier alpha value is -1.10. The maximum atomic E-state index is 12.0. The van der Waals surface area contributed by atoms with Crippen LogP contribution in [0.2, 0.25) is 18.1 Å². The number of carbonyl (C=O) groups excluding carboxylic acids is 2. The number of ether oxygens (including phenoxy) is 2. The van der Waals surface area contributed by atoms with Gasteiger partial charge >= 0.3 is 11.9 Å². The predicted molar refractivity (Wildman–Crippen MR) is 87.7 cm³/mol. The zero-order valence-corrected chi connectivity index (χ0v) is 15.5. The van der Waals surface area contributed by atoms with Gasteiger partial charge in [0.15, 0.2) is 5.41 Å². The molecule has 0 amide bonds. The Labute approximate surface area is 129 Å². The van der Waals surface area contributed by atoms with Gasteiger partial charge in [-0.15, -0.1) is 0 Å². The minimum atomic E-state index is -1.45. The molecule has 0 bridgehead atoms. The van der Waals surface area contributed by atoms with E-state index >= 15 is 0 Å². The number of rotatable bonds is 8. The number of hydrogen-bond donors (Lipinski definition) is 0. The van der Waals surface area contributed by atoms with Gasteiger partial charge in [0.05, 0.1) is 22.3 Å². The molecule has 0 saturated heterocycles. The summed E-state index contributed by atoms with van der Waals surface area (Å²) in [6, 6.07) is 3.53. The van der Waals surface area contributed by atoms with Crippen molar-refractivity contribution in [3.63, 3.8) is 0 Å². The van der Waals surface area contributed by atoms with E-state index < -0.39 is 25.4 Å². The first-order chi connectivity index (χ1) is 9.77. The molecule has 0 fully saturated rings. The molecule has 0 aliphatic rings. The first-order valence-corrected chi connectivity index (χ1v) is 10.2. The van der Waals surface area contributed by atoms with Crippen LogP contribution >= 0.6 is 0 Å². The highest BCUT2D eigenvalue weighted by molar-refractivity contribution is 6.86. The van der Waals surface area contributed by atoms with E-state index in [9.17, 15) is 9.59 Å². The Morgan fingerprint density at radius 2 is 1.38 bits per heavy atom. The monoisotopic (exact) mass is 314 g/mol. The Morgan fingerprint density at radius 1 is 1.00 bits per heavy atom. The molecule has 0 N–H and O–H groups in total. The molecule has 0 spiro atoms. The highest BCUT2D eigenvalue weighted by Gasteiger charge is 2.43. The van der Waals surface area contributed by atoms with Crippen LogP contribution in [0.5, 0.6) is 0 Å². The summed E-state index contributed by atoms with van der Waals surface area (Å²) in [6.07, 6.45) is 2.38. The smallest absolute Gasteiger partial charge is 0.323 e. The molecule has 0 aromatic heterocycles. The van der Waals surface area contributed by atoms with Crippen molar-refractivity contribution in [2.75, 3.05) is 14.2 Å². The van der Waals surface area contributed by atoms with Crippen molar-refractivity contribution in [2.24, 2.45) is 5.41 Å². The molecular weight excluding hydrogens is 284 g/mol. The zero-order chi connectivity index (χ0) is 16.7. The van der Waals surface area contributed by atoms with Crippen molar-refractivity contribution < 1.29 is 19.1 Å². The predicted octanol–water partition coefficient (Wildman–Crippen LogP) is 3.72. The highest BCUT2D eigenvalue weighted by atomic mass is 28.3. The van der Waals surface area contributed by atoms with Crippen molar-refractivity contribution in [1.29, 1.82) is 0 Å². The summed E-state index contributed by atoms with van der Waals surface area (Å²) in [6.45, 7) is 10.4. The van der Waals surface area contributed by atoms with E-state index in [4.69, 9.17) is 9.47 Å². The molecule has 0 aliphatic heterocycles. The van der Waals surface area contributed by atoms with E-state index in [1.54, 1.807) is 6.92 Å². The lowest BCUT2D eigenvalue weighted by atomic mass is 9.86. The van der Waals surface area contributed by atoms with Gasteiger partial charge in [-0.25, -0.2) is 0 Å². The lowest BCUT2D eigenvalue weighted by Crippen LogP contribution is -2.39. The van der Waals surface area contributed by atoms with Crippen LogP contribution in [0.3, 0.4) is 0 Å². The van der Waals surface area contributed by atoms with Gasteiger partial charge in [-0.2, -0.15) is 0 Å². The van der Waals surface area contributed by atoms with Gasteiger partial charge in [-0.3, -0.25) is 9.59 Å².